The molecule has 0 bridgehead atoms. The molecule has 2 heterocycles. The van der Waals surface area contributed by atoms with E-state index in [4.69, 9.17) is 4.74 Å². The fraction of sp³-hybridized carbons (Fsp3) is 0.538. The number of piperidine rings is 1. The Morgan fingerprint density at radius 2 is 2.35 bits per heavy atom. The molecule has 0 unspecified atom stereocenters. The second kappa shape index (κ2) is 5.17. The molecule has 0 spiro atoms. The third-order valence-corrected chi connectivity index (χ3v) is 3.37. The molecule has 4 nitrogen and oxygen atoms in total. The molecule has 92 valence electrons. The van der Waals surface area contributed by atoms with Gasteiger partial charge in [-0.3, -0.25) is 4.79 Å². The Morgan fingerprint density at radius 3 is 3.00 bits per heavy atom. The lowest BCUT2D eigenvalue weighted by Crippen LogP contribution is -2.32. The van der Waals surface area contributed by atoms with E-state index in [-0.39, 0.29) is 6.04 Å². The Bertz CT molecular complexity index is 406. The van der Waals surface area contributed by atoms with Crippen LogP contribution in [0, 0.1) is 6.92 Å². The van der Waals surface area contributed by atoms with Crippen molar-refractivity contribution < 1.29 is 9.53 Å². The quantitative estimate of drug-likeness (QED) is 0.752. The normalized spacial score (nSPS) is 20.1. The van der Waals surface area contributed by atoms with Gasteiger partial charge in [-0.25, -0.2) is 4.98 Å². The fourth-order valence-electron chi connectivity index (χ4n) is 2.42. The standard InChI is InChI=1S/C13H18N2O2/c1-10-7-13(17-2)14-8-11(10)12-5-3-4-6-15(12)9-16/h7-9,12H,3-6H2,1-2H3/t12-/m0/s1. The van der Waals surface area contributed by atoms with E-state index in [1.807, 2.05) is 24.1 Å². The van der Waals surface area contributed by atoms with E-state index < -0.39 is 0 Å². The molecular formula is C13H18N2O2. The maximum absolute atomic E-state index is 11.1. The summed E-state index contributed by atoms with van der Waals surface area (Å²) in [6.07, 6.45) is 6.07. The van der Waals surface area contributed by atoms with Crippen LogP contribution in [0.5, 0.6) is 5.88 Å². The van der Waals surface area contributed by atoms with Crippen molar-refractivity contribution in [3.8, 4) is 5.88 Å². The molecule has 2 rings (SSSR count). The first-order chi connectivity index (χ1) is 8.26. The Kier molecular flexibility index (Phi) is 3.61. The number of hydrogen-bond donors (Lipinski definition) is 0. The number of carbonyl (C=O) groups is 1. The molecule has 1 aliphatic rings. The van der Waals surface area contributed by atoms with Gasteiger partial charge in [-0.05, 0) is 37.3 Å². The van der Waals surface area contributed by atoms with Crippen LogP contribution in [0.4, 0.5) is 0 Å². The fourth-order valence-corrected chi connectivity index (χ4v) is 2.42. The molecule has 1 fully saturated rings. The molecule has 1 atom stereocenters. The first-order valence-electron chi connectivity index (χ1n) is 5.98. The maximum Gasteiger partial charge on any atom is 0.213 e. The molecule has 0 radical (unpaired) electrons. The number of hydrogen-bond acceptors (Lipinski definition) is 3. The second-order valence-electron chi connectivity index (χ2n) is 4.44. The molecule has 0 N–H and O–H groups in total. The predicted molar refractivity (Wildman–Crippen MR) is 64.9 cm³/mol. The predicted octanol–water partition coefficient (Wildman–Crippen LogP) is 2.08. The van der Waals surface area contributed by atoms with Crippen molar-refractivity contribution in [2.45, 2.75) is 32.2 Å². The smallest absolute Gasteiger partial charge is 0.213 e. The first kappa shape index (κ1) is 11.9. The lowest BCUT2D eigenvalue weighted by atomic mass is 9.94. The summed E-state index contributed by atoms with van der Waals surface area (Å²) in [5.74, 6) is 0.625. The summed E-state index contributed by atoms with van der Waals surface area (Å²) in [6.45, 7) is 2.89. The van der Waals surface area contributed by atoms with Crippen LogP contribution in [0.3, 0.4) is 0 Å². The minimum Gasteiger partial charge on any atom is -0.481 e. The number of aromatic nitrogens is 1. The van der Waals surface area contributed by atoms with E-state index in [0.29, 0.717) is 5.88 Å². The number of rotatable bonds is 3. The van der Waals surface area contributed by atoms with Crippen molar-refractivity contribution in [2.75, 3.05) is 13.7 Å². The van der Waals surface area contributed by atoms with Crippen molar-refractivity contribution in [1.29, 1.82) is 0 Å². The lowest BCUT2D eigenvalue weighted by molar-refractivity contribution is -0.121. The van der Waals surface area contributed by atoms with Crippen LogP contribution in [0.15, 0.2) is 12.3 Å². The average molecular weight is 234 g/mol. The van der Waals surface area contributed by atoms with Gasteiger partial charge in [-0.15, -0.1) is 0 Å². The van der Waals surface area contributed by atoms with Crippen LogP contribution in [-0.2, 0) is 4.79 Å². The largest absolute Gasteiger partial charge is 0.481 e. The third kappa shape index (κ3) is 2.40. The minimum atomic E-state index is 0.180. The van der Waals surface area contributed by atoms with E-state index in [9.17, 15) is 4.79 Å². The van der Waals surface area contributed by atoms with Gasteiger partial charge < -0.3 is 9.64 Å². The van der Waals surface area contributed by atoms with E-state index >= 15 is 0 Å². The van der Waals surface area contributed by atoms with Gasteiger partial charge >= 0.3 is 0 Å². The zero-order valence-corrected chi connectivity index (χ0v) is 10.3. The van der Waals surface area contributed by atoms with Gasteiger partial charge in [0.05, 0.1) is 13.2 Å². The van der Waals surface area contributed by atoms with Gasteiger partial charge in [0.2, 0.25) is 12.3 Å². The number of pyridine rings is 1. The number of ether oxygens (including phenoxy) is 1. The highest BCUT2D eigenvalue weighted by molar-refractivity contribution is 5.49. The highest BCUT2D eigenvalue weighted by Gasteiger charge is 2.24. The van der Waals surface area contributed by atoms with Gasteiger partial charge in [0.15, 0.2) is 0 Å². The SMILES string of the molecule is COc1cc(C)c([C@@H]2CCCCN2C=O)cn1. The summed E-state index contributed by atoms with van der Waals surface area (Å²) in [5.41, 5.74) is 2.27. The van der Waals surface area contributed by atoms with Crippen molar-refractivity contribution in [3.05, 3.63) is 23.4 Å². The van der Waals surface area contributed by atoms with Crippen LogP contribution in [-0.4, -0.2) is 29.9 Å². The number of methoxy groups -OCH3 is 1. The Balaban J connectivity index is 2.28. The van der Waals surface area contributed by atoms with E-state index in [1.54, 1.807) is 7.11 Å². The number of likely N-dealkylation sites (tertiary alicyclic amines) is 1. The van der Waals surface area contributed by atoms with Crippen LogP contribution in [0.25, 0.3) is 0 Å². The number of amides is 1. The summed E-state index contributed by atoms with van der Waals surface area (Å²) < 4.78 is 5.10. The molecule has 1 aromatic heterocycles. The number of nitrogens with zero attached hydrogens (tertiary/aromatic N) is 2. The van der Waals surface area contributed by atoms with Gasteiger partial charge in [-0.1, -0.05) is 0 Å². The first-order valence-corrected chi connectivity index (χ1v) is 5.98. The number of aryl methyl sites for hydroxylation is 1. The third-order valence-electron chi connectivity index (χ3n) is 3.37. The van der Waals surface area contributed by atoms with Crippen LogP contribution in [0.2, 0.25) is 0 Å². The minimum absolute atomic E-state index is 0.180. The summed E-state index contributed by atoms with van der Waals surface area (Å²) in [7, 11) is 1.61. The molecule has 1 aliphatic heterocycles. The molecule has 1 saturated heterocycles. The van der Waals surface area contributed by atoms with Crippen molar-refractivity contribution >= 4 is 6.41 Å². The Morgan fingerprint density at radius 1 is 1.53 bits per heavy atom. The Labute approximate surface area is 102 Å². The zero-order chi connectivity index (χ0) is 12.3. The monoisotopic (exact) mass is 234 g/mol. The van der Waals surface area contributed by atoms with Crippen molar-refractivity contribution in [3.63, 3.8) is 0 Å². The van der Waals surface area contributed by atoms with Gasteiger partial charge in [0, 0.05) is 18.8 Å². The highest BCUT2D eigenvalue weighted by atomic mass is 16.5. The Hall–Kier alpha value is -1.58. The van der Waals surface area contributed by atoms with E-state index in [1.165, 1.54) is 6.42 Å². The van der Waals surface area contributed by atoms with Crippen molar-refractivity contribution in [1.82, 2.24) is 9.88 Å². The zero-order valence-electron chi connectivity index (χ0n) is 10.3. The van der Waals surface area contributed by atoms with Gasteiger partial charge in [-0.2, -0.15) is 0 Å². The molecule has 17 heavy (non-hydrogen) atoms. The van der Waals surface area contributed by atoms with Crippen LogP contribution in [0.1, 0.15) is 36.4 Å². The van der Waals surface area contributed by atoms with E-state index in [2.05, 4.69) is 4.98 Å². The average Bonchev–Trinajstić information content (AvgIpc) is 2.38. The molecule has 1 amide bonds. The van der Waals surface area contributed by atoms with Gasteiger partial charge in [0.1, 0.15) is 0 Å². The maximum atomic E-state index is 11.1. The summed E-state index contributed by atoms with van der Waals surface area (Å²) >= 11 is 0. The molecular weight excluding hydrogens is 216 g/mol. The van der Waals surface area contributed by atoms with Crippen LogP contribution >= 0.6 is 0 Å². The molecule has 0 aromatic carbocycles. The van der Waals surface area contributed by atoms with E-state index in [0.717, 1.165) is 36.9 Å². The van der Waals surface area contributed by atoms with Gasteiger partial charge in [0.25, 0.3) is 0 Å². The second-order valence-corrected chi connectivity index (χ2v) is 4.44. The molecule has 0 saturated carbocycles. The molecule has 0 aliphatic carbocycles. The summed E-state index contributed by atoms with van der Waals surface area (Å²) in [5, 5.41) is 0. The highest BCUT2D eigenvalue weighted by Crippen LogP contribution is 2.32. The lowest BCUT2D eigenvalue weighted by Gasteiger charge is -2.33. The van der Waals surface area contributed by atoms with Crippen molar-refractivity contribution in [2.24, 2.45) is 0 Å². The molecule has 1 aromatic rings. The molecule has 4 heteroatoms. The topological polar surface area (TPSA) is 42.4 Å². The summed E-state index contributed by atoms with van der Waals surface area (Å²) in [6, 6.07) is 2.10. The summed E-state index contributed by atoms with van der Waals surface area (Å²) in [4.78, 5) is 17.2. The number of carbonyl (C=O) groups excluding carboxylic acids is 1. The van der Waals surface area contributed by atoms with Crippen LogP contribution < -0.4 is 4.74 Å².